The number of benzene rings is 1. The van der Waals surface area contributed by atoms with Crippen LogP contribution < -0.4 is 5.73 Å². The molecule has 0 bridgehead atoms. The molecule has 9 heteroatoms. The molecule has 1 aromatic heterocycles. The molecule has 2 heterocycles. The predicted molar refractivity (Wildman–Crippen MR) is 99.5 cm³/mol. The predicted octanol–water partition coefficient (Wildman–Crippen LogP) is 2.52. The van der Waals surface area contributed by atoms with Crippen LogP contribution >= 0.6 is 22.9 Å². The number of carbonyl (C=O) groups excluding carboxylic acids is 1. The number of thiophene rings is 1. The molecule has 2 N–H and O–H groups in total. The summed E-state index contributed by atoms with van der Waals surface area (Å²) in [5, 5.41) is 0. The second-order valence-electron chi connectivity index (χ2n) is 5.70. The maximum atomic E-state index is 12.7. The summed E-state index contributed by atoms with van der Waals surface area (Å²) in [6.07, 6.45) is 0.566. The van der Waals surface area contributed by atoms with Gasteiger partial charge in [0.1, 0.15) is 4.21 Å². The number of rotatable bonds is 3. The number of hydrogen-bond donors (Lipinski definition) is 1. The third-order valence-corrected chi connectivity index (χ3v) is 7.67. The average Bonchev–Trinajstić information content (AvgIpc) is 2.88. The van der Waals surface area contributed by atoms with Gasteiger partial charge >= 0.3 is 0 Å². The smallest absolute Gasteiger partial charge is 0.255 e. The van der Waals surface area contributed by atoms with Crippen LogP contribution in [0.25, 0.3) is 0 Å². The van der Waals surface area contributed by atoms with Gasteiger partial charge in [-0.25, -0.2) is 8.42 Å². The van der Waals surface area contributed by atoms with Crippen LogP contribution in [-0.2, 0) is 10.0 Å². The first-order chi connectivity index (χ1) is 11.9. The number of amides is 1. The zero-order valence-electron chi connectivity index (χ0n) is 13.4. The fourth-order valence-electron chi connectivity index (χ4n) is 2.76. The molecule has 0 atom stereocenters. The Bertz CT molecular complexity index is 882. The zero-order valence-corrected chi connectivity index (χ0v) is 15.8. The molecule has 1 aliphatic rings. The molecule has 1 fully saturated rings. The molecule has 1 aliphatic heterocycles. The fraction of sp³-hybridized carbons (Fsp3) is 0.312. The summed E-state index contributed by atoms with van der Waals surface area (Å²) < 4.78 is 27.5. The van der Waals surface area contributed by atoms with Crippen molar-refractivity contribution in [2.45, 2.75) is 10.6 Å². The van der Waals surface area contributed by atoms with Gasteiger partial charge in [-0.2, -0.15) is 4.31 Å². The van der Waals surface area contributed by atoms with Gasteiger partial charge in [-0.05, 0) is 30.7 Å². The lowest BCUT2D eigenvalue weighted by Crippen LogP contribution is -2.37. The van der Waals surface area contributed by atoms with E-state index in [2.05, 4.69) is 0 Å². The van der Waals surface area contributed by atoms with Crippen molar-refractivity contribution in [1.29, 1.82) is 0 Å². The van der Waals surface area contributed by atoms with E-state index in [1.165, 1.54) is 10.4 Å². The fourth-order valence-corrected chi connectivity index (χ4v) is 5.87. The minimum absolute atomic E-state index is 0.170. The van der Waals surface area contributed by atoms with Crippen LogP contribution in [0.2, 0.25) is 4.34 Å². The molecule has 1 saturated heterocycles. The number of anilines is 1. The third-order valence-electron chi connectivity index (χ3n) is 4.08. The van der Waals surface area contributed by atoms with Crippen molar-refractivity contribution in [1.82, 2.24) is 9.21 Å². The van der Waals surface area contributed by atoms with Crippen LogP contribution in [0.5, 0.6) is 0 Å². The van der Waals surface area contributed by atoms with E-state index in [0.717, 1.165) is 11.3 Å². The number of hydrogen-bond acceptors (Lipinski definition) is 5. The minimum Gasteiger partial charge on any atom is -0.398 e. The minimum atomic E-state index is -3.58. The Balaban J connectivity index is 1.74. The van der Waals surface area contributed by atoms with Crippen molar-refractivity contribution in [3.63, 3.8) is 0 Å². The largest absolute Gasteiger partial charge is 0.398 e. The molecule has 1 amide bonds. The molecular formula is C16H18ClN3O3S2. The molecule has 0 saturated carbocycles. The number of nitrogens with two attached hydrogens (primary N) is 1. The summed E-state index contributed by atoms with van der Waals surface area (Å²) in [4.78, 5) is 14.3. The summed E-state index contributed by atoms with van der Waals surface area (Å²) in [5.41, 5.74) is 6.75. The highest BCUT2D eigenvalue weighted by Gasteiger charge is 2.29. The Morgan fingerprint density at radius 3 is 2.52 bits per heavy atom. The SMILES string of the molecule is Nc1ccccc1C(=O)N1CCCN(S(=O)(=O)c2ccc(Cl)s2)CC1. The van der Waals surface area contributed by atoms with Crippen LogP contribution in [0, 0.1) is 0 Å². The van der Waals surface area contributed by atoms with Gasteiger partial charge in [-0.3, -0.25) is 4.79 Å². The molecule has 6 nitrogen and oxygen atoms in total. The van der Waals surface area contributed by atoms with Gasteiger partial charge in [0.2, 0.25) is 0 Å². The summed E-state index contributed by atoms with van der Waals surface area (Å²) in [6, 6.07) is 9.99. The van der Waals surface area contributed by atoms with Gasteiger partial charge in [0.15, 0.2) is 0 Å². The topological polar surface area (TPSA) is 83.7 Å². The van der Waals surface area contributed by atoms with Gasteiger partial charge in [0.25, 0.3) is 15.9 Å². The molecule has 0 spiro atoms. The van der Waals surface area contributed by atoms with Gasteiger partial charge in [-0.1, -0.05) is 23.7 Å². The number of carbonyl (C=O) groups is 1. The van der Waals surface area contributed by atoms with Gasteiger partial charge < -0.3 is 10.6 Å². The Labute approximate surface area is 155 Å². The van der Waals surface area contributed by atoms with Gasteiger partial charge in [0.05, 0.1) is 9.90 Å². The van der Waals surface area contributed by atoms with Crippen molar-refractivity contribution >= 4 is 44.6 Å². The van der Waals surface area contributed by atoms with Crippen molar-refractivity contribution in [3.8, 4) is 0 Å². The zero-order chi connectivity index (χ0) is 18.0. The van der Waals surface area contributed by atoms with Crippen molar-refractivity contribution < 1.29 is 13.2 Å². The molecule has 0 radical (unpaired) electrons. The lowest BCUT2D eigenvalue weighted by atomic mass is 10.1. The Morgan fingerprint density at radius 2 is 1.84 bits per heavy atom. The van der Waals surface area contributed by atoms with Crippen LogP contribution in [0.3, 0.4) is 0 Å². The highest BCUT2D eigenvalue weighted by atomic mass is 35.5. The summed E-state index contributed by atoms with van der Waals surface area (Å²) in [6.45, 7) is 1.43. The van der Waals surface area contributed by atoms with Crippen molar-refractivity contribution in [3.05, 3.63) is 46.3 Å². The molecule has 2 aromatic rings. The monoisotopic (exact) mass is 399 g/mol. The van der Waals surface area contributed by atoms with Crippen LogP contribution in [0.1, 0.15) is 16.8 Å². The van der Waals surface area contributed by atoms with E-state index in [1.54, 1.807) is 35.2 Å². The first-order valence-corrected chi connectivity index (χ1v) is 10.4. The lowest BCUT2D eigenvalue weighted by Gasteiger charge is -2.22. The molecule has 0 aliphatic carbocycles. The van der Waals surface area contributed by atoms with E-state index >= 15 is 0 Å². The molecule has 1 aromatic carbocycles. The van der Waals surface area contributed by atoms with E-state index < -0.39 is 10.0 Å². The number of halogens is 1. The number of para-hydroxylation sites is 1. The Kier molecular flexibility index (Phi) is 5.33. The van der Waals surface area contributed by atoms with Crippen LogP contribution in [-0.4, -0.2) is 49.7 Å². The Morgan fingerprint density at radius 1 is 1.08 bits per heavy atom. The summed E-state index contributed by atoms with van der Waals surface area (Å²) >= 11 is 6.90. The highest BCUT2D eigenvalue weighted by molar-refractivity contribution is 7.91. The van der Waals surface area contributed by atoms with E-state index in [9.17, 15) is 13.2 Å². The number of nitrogens with zero attached hydrogens (tertiary/aromatic N) is 2. The first-order valence-electron chi connectivity index (χ1n) is 7.79. The third kappa shape index (κ3) is 3.82. The van der Waals surface area contributed by atoms with Crippen molar-refractivity contribution in [2.24, 2.45) is 0 Å². The molecule has 134 valence electrons. The van der Waals surface area contributed by atoms with Crippen LogP contribution in [0.15, 0.2) is 40.6 Å². The van der Waals surface area contributed by atoms with E-state index in [4.69, 9.17) is 17.3 Å². The average molecular weight is 400 g/mol. The van der Waals surface area contributed by atoms with Crippen LogP contribution in [0.4, 0.5) is 5.69 Å². The summed E-state index contributed by atoms with van der Waals surface area (Å²) in [5.74, 6) is -0.170. The lowest BCUT2D eigenvalue weighted by molar-refractivity contribution is 0.0765. The quantitative estimate of drug-likeness (QED) is 0.804. The standard InChI is InChI=1S/C16H18ClN3O3S2/c17-14-6-7-15(24-14)25(22,23)20-9-3-8-19(10-11-20)16(21)12-4-1-2-5-13(12)18/h1-2,4-7H,3,8-11,18H2. The van der Waals surface area contributed by atoms with E-state index in [0.29, 0.717) is 41.6 Å². The van der Waals surface area contributed by atoms with E-state index in [-0.39, 0.29) is 16.7 Å². The van der Waals surface area contributed by atoms with Crippen molar-refractivity contribution in [2.75, 3.05) is 31.9 Å². The summed E-state index contributed by atoms with van der Waals surface area (Å²) in [7, 11) is -3.58. The number of nitrogen functional groups attached to an aromatic ring is 1. The molecule has 25 heavy (non-hydrogen) atoms. The first kappa shape index (κ1) is 18.2. The molecule has 0 unspecified atom stereocenters. The number of sulfonamides is 1. The maximum absolute atomic E-state index is 12.7. The maximum Gasteiger partial charge on any atom is 0.255 e. The molecular weight excluding hydrogens is 382 g/mol. The van der Waals surface area contributed by atoms with Gasteiger partial charge in [0, 0.05) is 31.9 Å². The second-order valence-corrected chi connectivity index (χ2v) is 9.58. The Hall–Kier alpha value is -1.61. The van der Waals surface area contributed by atoms with E-state index in [1.807, 2.05) is 0 Å². The van der Waals surface area contributed by atoms with Gasteiger partial charge in [-0.15, -0.1) is 11.3 Å². The normalized spacial score (nSPS) is 16.6. The highest BCUT2D eigenvalue weighted by Crippen LogP contribution is 2.28. The second kappa shape index (κ2) is 7.33. The molecule has 3 rings (SSSR count).